The Morgan fingerprint density at radius 3 is 2.38 bits per heavy atom. The first kappa shape index (κ1) is 13.1. The van der Waals surface area contributed by atoms with Gasteiger partial charge < -0.3 is 15.0 Å². The summed E-state index contributed by atoms with van der Waals surface area (Å²) in [5.41, 5.74) is 4.96. The molecule has 5 heteroatoms. The van der Waals surface area contributed by atoms with Gasteiger partial charge >= 0.3 is 0 Å². The normalized spacial score (nSPS) is 19.1. The van der Waals surface area contributed by atoms with E-state index in [0.717, 1.165) is 12.8 Å². The van der Waals surface area contributed by atoms with Crippen molar-refractivity contribution in [2.45, 2.75) is 51.7 Å². The first-order valence-corrected chi connectivity index (χ1v) is 5.58. The van der Waals surface area contributed by atoms with Gasteiger partial charge in [-0.2, -0.15) is 4.98 Å². The van der Waals surface area contributed by atoms with Crippen molar-refractivity contribution in [2.24, 2.45) is 5.73 Å². The lowest BCUT2D eigenvalue weighted by Gasteiger charge is -2.22. The summed E-state index contributed by atoms with van der Waals surface area (Å²) in [4.78, 5) is 4.34. The maximum absolute atomic E-state index is 6.04. The van der Waals surface area contributed by atoms with Gasteiger partial charge in [-0.3, -0.25) is 0 Å². The molecule has 0 saturated carbocycles. The van der Waals surface area contributed by atoms with Crippen LogP contribution < -0.4 is 5.73 Å². The molecule has 1 aromatic heterocycles. The third-order valence-electron chi connectivity index (χ3n) is 3.25. The van der Waals surface area contributed by atoms with E-state index in [2.05, 4.69) is 10.1 Å². The van der Waals surface area contributed by atoms with Crippen LogP contribution in [0.25, 0.3) is 0 Å². The van der Waals surface area contributed by atoms with Gasteiger partial charge in [-0.05, 0) is 26.7 Å². The summed E-state index contributed by atoms with van der Waals surface area (Å²) in [6, 6.07) is 0. The van der Waals surface area contributed by atoms with Crippen molar-refractivity contribution in [3.05, 3.63) is 11.7 Å². The number of rotatable bonds is 5. The molecule has 92 valence electrons. The fraction of sp³-hybridized carbons (Fsp3) is 0.818. The molecular weight excluding hydrogens is 206 g/mol. The summed E-state index contributed by atoms with van der Waals surface area (Å²) >= 11 is 0. The molecule has 5 nitrogen and oxygen atoms in total. The zero-order valence-electron chi connectivity index (χ0n) is 10.7. The van der Waals surface area contributed by atoms with Crippen LogP contribution >= 0.6 is 0 Å². The lowest BCUT2D eigenvalue weighted by Crippen LogP contribution is -2.33. The molecule has 0 fully saturated rings. The van der Waals surface area contributed by atoms with Crippen molar-refractivity contribution in [3.63, 3.8) is 0 Å². The Hall–Kier alpha value is -0.940. The monoisotopic (exact) mass is 227 g/mol. The number of ether oxygens (including phenoxy) is 1. The van der Waals surface area contributed by atoms with Crippen LogP contribution in [0.4, 0.5) is 0 Å². The van der Waals surface area contributed by atoms with E-state index >= 15 is 0 Å². The average molecular weight is 227 g/mol. The number of nitrogens with two attached hydrogens (primary N) is 1. The predicted molar refractivity (Wildman–Crippen MR) is 60.8 cm³/mol. The molecule has 0 aliphatic carbocycles. The molecule has 0 amide bonds. The second-order valence-electron chi connectivity index (χ2n) is 4.48. The van der Waals surface area contributed by atoms with Crippen molar-refractivity contribution in [2.75, 3.05) is 7.11 Å². The molecule has 1 heterocycles. The molecule has 0 aliphatic rings. The maximum atomic E-state index is 6.04. The second kappa shape index (κ2) is 4.51. The molecule has 0 bridgehead atoms. The Morgan fingerprint density at radius 2 is 1.94 bits per heavy atom. The first-order chi connectivity index (χ1) is 7.39. The van der Waals surface area contributed by atoms with Crippen LogP contribution in [0, 0.1) is 0 Å². The number of aromatic nitrogens is 2. The van der Waals surface area contributed by atoms with Crippen LogP contribution in [-0.2, 0) is 15.9 Å². The van der Waals surface area contributed by atoms with Gasteiger partial charge in [-0.1, -0.05) is 19.0 Å². The zero-order chi connectivity index (χ0) is 12.4. The molecule has 0 radical (unpaired) electrons. The SMILES string of the molecule is CCC(C)(N)c1nc(C(C)(CC)OC)no1. The average Bonchev–Trinajstić information content (AvgIpc) is 2.78. The minimum atomic E-state index is -0.576. The standard InChI is InChI=1S/C11H21N3O2/c1-6-10(3,12)9-13-8(14-16-9)11(4,7-2)15-5/h6-7,12H2,1-5H3. The van der Waals surface area contributed by atoms with E-state index in [1.807, 2.05) is 27.7 Å². The Bertz CT molecular complexity index is 343. The van der Waals surface area contributed by atoms with Gasteiger partial charge in [0.1, 0.15) is 5.60 Å². The topological polar surface area (TPSA) is 74.2 Å². The van der Waals surface area contributed by atoms with Gasteiger partial charge in [0.2, 0.25) is 11.7 Å². The molecule has 1 rings (SSSR count). The second-order valence-corrected chi connectivity index (χ2v) is 4.48. The quantitative estimate of drug-likeness (QED) is 0.831. The van der Waals surface area contributed by atoms with E-state index in [0.29, 0.717) is 11.7 Å². The molecule has 0 aliphatic heterocycles. The highest BCUT2D eigenvalue weighted by Crippen LogP contribution is 2.28. The molecule has 0 aromatic carbocycles. The fourth-order valence-corrected chi connectivity index (χ4v) is 1.22. The Kier molecular flexibility index (Phi) is 3.70. The van der Waals surface area contributed by atoms with Crippen molar-refractivity contribution in [1.82, 2.24) is 10.1 Å². The first-order valence-electron chi connectivity index (χ1n) is 5.58. The highest BCUT2D eigenvalue weighted by molar-refractivity contribution is 5.04. The van der Waals surface area contributed by atoms with Crippen molar-refractivity contribution < 1.29 is 9.26 Å². The highest BCUT2D eigenvalue weighted by atomic mass is 16.5. The van der Waals surface area contributed by atoms with Gasteiger partial charge in [0, 0.05) is 7.11 Å². The van der Waals surface area contributed by atoms with Gasteiger partial charge in [-0.25, -0.2) is 0 Å². The predicted octanol–water partition coefficient (Wildman–Crippen LogP) is 1.93. The number of hydrogen-bond donors (Lipinski definition) is 1. The van der Waals surface area contributed by atoms with E-state index in [1.165, 1.54) is 0 Å². The Labute approximate surface area is 96.4 Å². The number of methoxy groups -OCH3 is 1. The van der Waals surface area contributed by atoms with Gasteiger partial charge in [0.25, 0.3) is 0 Å². The lowest BCUT2D eigenvalue weighted by atomic mass is 10.00. The highest BCUT2D eigenvalue weighted by Gasteiger charge is 2.33. The molecule has 2 atom stereocenters. The minimum absolute atomic E-state index is 0.460. The summed E-state index contributed by atoms with van der Waals surface area (Å²) in [6.07, 6.45) is 1.51. The molecule has 0 saturated heterocycles. The summed E-state index contributed by atoms with van der Waals surface area (Å²) in [6.45, 7) is 7.81. The zero-order valence-corrected chi connectivity index (χ0v) is 10.7. The molecule has 1 aromatic rings. The summed E-state index contributed by atoms with van der Waals surface area (Å²) < 4.78 is 10.6. The van der Waals surface area contributed by atoms with Crippen molar-refractivity contribution in [3.8, 4) is 0 Å². The molecule has 2 N–H and O–H groups in total. The van der Waals surface area contributed by atoms with Crippen molar-refractivity contribution >= 4 is 0 Å². The van der Waals surface area contributed by atoms with Crippen LogP contribution in [0.1, 0.15) is 52.3 Å². The molecule has 0 spiro atoms. The summed E-state index contributed by atoms with van der Waals surface area (Å²) in [7, 11) is 1.64. The minimum Gasteiger partial charge on any atom is -0.370 e. The summed E-state index contributed by atoms with van der Waals surface area (Å²) in [5, 5.41) is 3.95. The van der Waals surface area contributed by atoms with Crippen LogP contribution in [0.2, 0.25) is 0 Å². The van der Waals surface area contributed by atoms with E-state index < -0.39 is 11.1 Å². The van der Waals surface area contributed by atoms with Crippen LogP contribution in [0.5, 0.6) is 0 Å². The smallest absolute Gasteiger partial charge is 0.246 e. The third-order valence-corrected chi connectivity index (χ3v) is 3.25. The van der Waals surface area contributed by atoms with Crippen molar-refractivity contribution in [1.29, 1.82) is 0 Å². The van der Waals surface area contributed by atoms with E-state index in [1.54, 1.807) is 7.11 Å². The van der Waals surface area contributed by atoms with E-state index in [-0.39, 0.29) is 0 Å². The van der Waals surface area contributed by atoms with Gasteiger partial charge in [0.15, 0.2) is 0 Å². The van der Waals surface area contributed by atoms with E-state index in [9.17, 15) is 0 Å². The van der Waals surface area contributed by atoms with Crippen LogP contribution in [0.15, 0.2) is 4.52 Å². The maximum Gasteiger partial charge on any atom is 0.246 e. The Balaban J connectivity index is 3.03. The molecular formula is C11H21N3O2. The number of hydrogen-bond acceptors (Lipinski definition) is 5. The molecule has 16 heavy (non-hydrogen) atoms. The number of nitrogens with zero attached hydrogens (tertiary/aromatic N) is 2. The van der Waals surface area contributed by atoms with E-state index in [4.69, 9.17) is 15.0 Å². The fourth-order valence-electron chi connectivity index (χ4n) is 1.22. The Morgan fingerprint density at radius 1 is 1.31 bits per heavy atom. The van der Waals surface area contributed by atoms with Gasteiger partial charge in [0.05, 0.1) is 5.54 Å². The van der Waals surface area contributed by atoms with Crippen LogP contribution in [0.3, 0.4) is 0 Å². The largest absolute Gasteiger partial charge is 0.370 e. The van der Waals surface area contributed by atoms with Crippen LogP contribution in [-0.4, -0.2) is 17.3 Å². The lowest BCUT2D eigenvalue weighted by molar-refractivity contribution is -0.0106. The molecule has 2 unspecified atom stereocenters. The van der Waals surface area contributed by atoms with Gasteiger partial charge in [-0.15, -0.1) is 0 Å². The summed E-state index contributed by atoms with van der Waals surface area (Å²) in [5.74, 6) is 1.01. The third kappa shape index (κ3) is 2.25.